The molecule has 8 heteroatoms. The average Bonchev–Trinajstić information content (AvgIpc) is 3.43. The van der Waals surface area contributed by atoms with E-state index in [1.807, 2.05) is 24.0 Å². The quantitative estimate of drug-likeness (QED) is 0.732. The van der Waals surface area contributed by atoms with Gasteiger partial charge in [0.25, 0.3) is 5.56 Å². The van der Waals surface area contributed by atoms with Gasteiger partial charge in [0.15, 0.2) is 5.65 Å². The molecule has 0 spiro atoms. The fourth-order valence-corrected chi connectivity index (χ4v) is 4.83. The first-order valence-corrected chi connectivity index (χ1v) is 10.6. The van der Waals surface area contributed by atoms with Crippen LogP contribution < -0.4 is 5.56 Å². The lowest BCUT2D eigenvalue weighted by molar-refractivity contribution is 0.314. The average molecular weight is 393 g/mol. The van der Waals surface area contributed by atoms with E-state index in [-0.39, 0.29) is 11.5 Å². The van der Waals surface area contributed by atoms with Gasteiger partial charge in [0.2, 0.25) is 0 Å². The lowest BCUT2D eigenvalue weighted by atomic mass is 9.97. The van der Waals surface area contributed by atoms with Crippen molar-refractivity contribution >= 4 is 11.0 Å². The van der Waals surface area contributed by atoms with E-state index in [1.54, 1.807) is 6.20 Å². The minimum Gasteiger partial charge on any atom is -0.310 e. The number of aromatic nitrogens is 6. The summed E-state index contributed by atoms with van der Waals surface area (Å²) in [6.45, 7) is 6.73. The highest BCUT2D eigenvalue weighted by molar-refractivity contribution is 5.73. The number of aromatic amines is 1. The number of fused-ring (bicyclic) bond motifs is 1. The second kappa shape index (κ2) is 7.33. The van der Waals surface area contributed by atoms with Crippen LogP contribution in [0.25, 0.3) is 11.0 Å². The van der Waals surface area contributed by atoms with E-state index >= 15 is 0 Å². The zero-order valence-electron chi connectivity index (χ0n) is 17.0. The number of H-pyrrole nitrogens is 1. The molecule has 0 aromatic carbocycles. The first-order chi connectivity index (χ1) is 14.1. The van der Waals surface area contributed by atoms with Gasteiger partial charge in [-0.2, -0.15) is 5.10 Å². The molecule has 3 aromatic rings. The summed E-state index contributed by atoms with van der Waals surface area (Å²) < 4.78 is 1.99. The second-order valence-corrected chi connectivity index (χ2v) is 8.64. The van der Waals surface area contributed by atoms with Gasteiger partial charge in [-0.05, 0) is 25.7 Å². The number of likely N-dealkylation sites (tertiary alicyclic amines) is 1. The van der Waals surface area contributed by atoms with Gasteiger partial charge in [0.05, 0.1) is 23.6 Å². The molecule has 2 atom stereocenters. The van der Waals surface area contributed by atoms with Crippen molar-refractivity contribution in [2.45, 2.75) is 58.0 Å². The molecule has 3 aromatic heterocycles. The van der Waals surface area contributed by atoms with Crippen LogP contribution in [-0.2, 0) is 6.54 Å². The monoisotopic (exact) mass is 393 g/mol. The normalized spacial score (nSPS) is 23.4. The molecule has 1 saturated heterocycles. The third-order valence-corrected chi connectivity index (χ3v) is 6.41. The van der Waals surface area contributed by atoms with Crippen molar-refractivity contribution in [3.63, 3.8) is 0 Å². The SMILES string of the molecule is Cc1cnc(CN2C[C@@H](C)[C@H](c3nc4c(cnn4C4CCCC4)c(=O)[nH]3)C2)cn1. The van der Waals surface area contributed by atoms with Crippen LogP contribution in [0.3, 0.4) is 0 Å². The van der Waals surface area contributed by atoms with Crippen LogP contribution in [0.5, 0.6) is 0 Å². The lowest BCUT2D eigenvalue weighted by Gasteiger charge is -2.16. The predicted octanol–water partition coefficient (Wildman–Crippen LogP) is 2.57. The fraction of sp³-hybridized carbons (Fsp3) is 0.571. The van der Waals surface area contributed by atoms with E-state index in [1.165, 1.54) is 12.8 Å². The first-order valence-electron chi connectivity index (χ1n) is 10.6. The summed E-state index contributed by atoms with van der Waals surface area (Å²) in [4.78, 5) is 31.9. The van der Waals surface area contributed by atoms with E-state index in [2.05, 4.69) is 31.9 Å². The molecule has 5 rings (SSSR count). The summed E-state index contributed by atoms with van der Waals surface area (Å²) in [5.41, 5.74) is 2.56. The molecule has 1 N–H and O–H groups in total. The summed E-state index contributed by atoms with van der Waals surface area (Å²) in [5, 5.41) is 5.11. The molecular weight excluding hydrogens is 366 g/mol. The molecule has 0 bridgehead atoms. The van der Waals surface area contributed by atoms with Crippen molar-refractivity contribution in [1.29, 1.82) is 0 Å². The van der Waals surface area contributed by atoms with Crippen LogP contribution in [0.1, 0.15) is 61.8 Å². The zero-order valence-corrected chi connectivity index (χ0v) is 17.0. The molecule has 152 valence electrons. The maximum absolute atomic E-state index is 12.7. The summed E-state index contributed by atoms with van der Waals surface area (Å²) in [5.74, 6) is 1.38. The molecule has 0 radical (unpaired) electrons. The Bertz CT molecular complexity index is 1060. The molecule has 0 amide bonds. The Balaban J connectivity index is 1.41. The predicted molar refractivity (Wildman–Crippen MR) is 110 cm³/mol. The molecular formula is C21H27N7O. The molecule has 29 heavy (non-hydrogen) atoms. The van der Waals surface area contributed by atoms with E-state index in [0.717, 1.165) is 55.3 Å². The van der Waals surface area contributed by atoms with Crippen LogP contribution in [0.2, 0.25) is 0 Å². The molecule has 1 aliphatic heterocycles. The molecule has 8 nitrogen and oxygen atoms in total. The summed E-state index contributed by atoms with van der Waals surface area (Å²) >= 11 is 0. The van der Waals surface area contributed by atoms with Crippen LogP contribution in [0, 0.1) is 12.8 Å². The van der Waals surface area contributed by atoms with Gasteiger partial charge in [0, 0.05) is 37.9 Å². The fourth-order valence-electron chi connectivity index (χ4n) is 4.83. The van der Waals surface area contributed by atoms with Gasteiger partial charge < -0.3 is 4.98 Å². The molecule has 4 heterocycles. The Hall–Kier alpha value is -2.61. The van der Waals surface area contributed by atoms with Crippen LogP contribution in [0.4, 0.5) is 0 Å². The molecule has 2 fully saturated rings. The topological polar surface area (TPSA) is 92.6 Å². The van der Waals surface area contributed by atoms with Crippen LogP contribution >= 0.6 is 0 Å². The summed E-state index contributed by atoms with van der Waals surface area (Å²) in [6.07, 6.45) is 10.0. The van der Waals surface area contributed by atoms with Crippen molar-refractivity contribution in [3.8, 4) is 0 Å². The largest absolute Gasteiger partial charge is 0.310 e. The molecule has 1 aliphatic carbocycles. The van der Waals surface area contributed by atoms with Gasteiger partial charge >= 0.3 is 0 Å². The van der Waals surface area contributed by atoms with Crippen molar-refractivity contribution < 1.29 is 0 Å². The summed E-state index contributed by atoms with van der Waals surface area (Å²) in [7, 11) is 0. The van der Waals surface area contributed by atoms with Crippen molar-refractivity contribution in [2.24, 2.45) is 5.92 Å². The highest BCUT2D eigenvalue weighted by atomic mass is 16.1. The van der Waals surface area contributed by atoms with Gasteiger partial charge in [-0.15, -0.1) is 0 Å². The van der Waals surface area contributed by atoms with Gasteiger partial charge in [-0.1, -0.05) is 19.8 Å². The van der Waals surface area contributed by atoms with E-state index < -0.39 is 0 Å². The van der Waals surface area contributed by atoms with Gasteiger partial charge in [-0.25, -0.2) is 9.67 Å². The van der Waals surface area contributed by atoms with Crippen molar-refractivity contribution in [3.05, 3.63) is 46.2 Å². The van der Waals surface area contributed by atoms with Gasteiger partial charge in [-0.3, -0.25) is 19.7 Å². The number of rotatable bonds is 4. The first kappa shape index (κ1) is 18.4. The van der Waals surface area contributed by atoms with Crippen molar-refractivity contribution in [1.82, 2.24) is 34.6 Å². The Labute approximate surface area is 169 Å². The third-order valence-electron chi connectivity index (χ3n) is 6.41. The highest BCUT2D eigenvalue weighted by Gasteiger charge is 2.33. The van der Waals surface area contributed by atoms with Crippen molar-refractivity contribution in [2.75, 3.05) is 13.1 Å². The molecule has 2 aliphatic rings. The third kappa shape index (κ3) is 3.46. The zero-order chi connectivity index (χ0) is 20.0. The van der Waals surface area contributed by atoms with Crippen LogP contribution in [0.15, 0.2) is 23.4 Å². The smallest absolute Gasteiger partial charge is 0.262 e. The summed E-state index contributed by atoms with van der Waals surface area (Å²) in [6, 6.07) is 0.368. The number of nitrogens with one attached hydrogen (secondary N) is 1. The second-order valence-electron chi connectivity index (χ2n) is 8.64. The number of nitrogens with zero attached hydrogens (tertiary/aromatic N) is 6. The maximum Gasteiger partial charge on any atom is 0.262 e. The number of aryl methyl sites for hydroxylation is 1. The Kier molecular flexibility index (Phi) is 4.66. The van der Waals surface area contributed by atoms with E-state index in [4.69, 9.17) is 4.98 Å². The maximum atomic E-state index is 12.7. The molecule has 1 saturated carbocycles. The number of hydrogen-bond donors (Lipinski definition) is 1. The van der Waals surface area contributed by atoms with Crippen LogP contribution in [-0.4, -0.2) is 47.7 Å². The minimum atomic E-state index is -0.0794. The minimum absolute atomic E-state index is 0.0794. The standard InChI is InChI=1S/C21H27N7O/c1-13-10-27(11-15-8-22-14(2)7-23-15)12-18(13)19-25-20-17(21(29)26-19)9-24-28(20)16-5-3-4-6-16/h7-9,13,16,18H,3-6,10-12H2,1-2H3,(H,25,26,29)/t13-,18-/m1/s1. The van der Waals surface area contributed by atoms with E-state index in [9.17, 15) is 4.79 Å². The van der Waals surface area contributed by atoms with Gasteiger partial charge in [0.1, 0.15) is 11.2 Å². The Morgan fingerprint density at radius 2 is 1.97 bits per heavy atom. The highest BCUT2D eigenvalue weighted by Crippen LogP contribution is 2.33. The van der Waals surface area contributed by atoms with E-state index in [0.29, 0.717) is 17.3 Å². The Morgan fingerprint density at radius 3 is 2.72 bits per heavy atom. The lowest BCUT2D eigenvalue weighted by Crippen LogP contribution is -2.22. The number of hydrogen-bond acceptors (Lipinski definition) is 6. The molecule has 0 unspecified atom stereocenters. The Morgan fingerprint density at radius 1 is 1.14 bits per heavy atom.